The molecule has 0 amide bonds. The minimum atomic E-state index is -0.162. The van der Waals surface area contributed by atoms with Crippen molar-refractivity contribution in [3.8, 4) is 0 Å². The van der Waals surface area contributed by atoms with Crippen molar-refractivity contribution in [2.75, 3.05) is 32.7 Å². The summed E-state index contributed by atoms with van der Waals surface area (Å²) in [6.07, 6.45) is -0.162. The van der Waals surface area contributed by atoms with Crippen LogP contribution in [0, 0.1) is 16.7 Å². The van der Waals surface area contributed by atoms with E-state index in [4.69, 9.17) is 0 Å². The molecule has 2 fully saturated rings. The highest BCUT2D eigenvalue weighted by Gasteiger charge is 2.53. The third-order valence-electron chi connectivity index (χ3n) is 4.17. The molecule has 0 aliphatic carbocycles. The van der Waals surface area contributed by atoms with Crippen LogP contribution in [0.3, 0.4) is 0 Å². The number of hydrogen-bond acceptors (Lipinski definition) is 3. The topological polar surface area (TPSA) is 35.5 Å². The van der Waals surface area contributed by atoms with Crippen LogP contribution in [0.25, 0.3) is 0 Å². The van der Waals surface area contributed by atoms with E-state index in [-0.39, 0.29) is 16.9 Å². The maximum absolute atomic E-state index is 10.5. The van der Waals surface area contributed by atoms with Gasteiger partial charge >= 0.3 is 0 Å². The van der Waals surface area contributed by atoms with Crippen molar-refractivity contribution in [3.05, 3.63) is 0 Å². The molecule has 2 atom stereocenters. The van der Waals surface area contributed by atoms with Gasteiger partial charge in [-0.25, -0.2) is 0 Å². The van der Waals surface area contributed by atoms with E-state index >= 15 is 0 Å². The van der Waals surface area contributed by atoms with E-state index in [0.717, 1.165) is 32.7 Å². The Morgan fingerprint density at radius 1 is 1.25 bits per heavy atom. The zero-order chi connectivity index (χ0) is 12.0. The largest absolute Gasteiger partial charge is 0.392 e. The summed E-state index contributed by atoms with van der Waals surface area (Å²) in [6.45, 7) is 14.1. The number of nitrogens with zero attached hydrogens (tertiary/aromatic N) is 1. The van der Waals surface area contributed by atoms with Gasteiger partial charge in [-0.1, -0.05) is 27.7 Å². The SMILES string of the molecule is CC(C)CN1C[C@]2(C)CNC[C@@](C)(C1)C2O. The number of likely N-dealkylation sites (tertiary alicyclic amines) is 1. The maximum Gasteiger partial charge on any atom is 0.0696 e. The van der Waals surface area contributed by atoms with Crippen molar-refractivity contribution < 1.29 is 5.11 Å². The molecular weight excluding hydrogens is 200 g/mol. The van der Waals surface area contributed by atoms with Crippen LogP contribution in [0.15, 0.2) is 0 Å². The zero-order valence-electron chi connectivity index (χ0n) is 11.1. The second kappa shape index (κ2) is 3.97. The molecule has 16 heavy (non-hydrogen) atoms. The Labute approximate surface area is 99.2 Å². The number of piperidine rings is 2. The first-order valence-electron chi connectivity index (χ1n) is 6.47. The molecule has 2 N–H and O–H groups in total. The maximum atomic E-state index is 10.5. The standard InChI is InChI=1S/C13H26N2O/c1-10(2)5-15-8-12(3)6-14-7-13(4,9-15)11(12)16/h10-11,14,16H,5-9H2,1-4H3/t12-,13-/m0/s1. The van der Waals surface area contributed by atoms with Crippen LogP contribution in [-0.2, 0) is 0 Å². The second-order valence-corrected chi connectivity index (χ2v) is 6.88. The van der Waals surface area contributed by atoms with E-state index in [9.17, 15) is 5.11 Å². The van der Waals surface area contributed by atoms with E-state index in [1.54, 1.807) is 0 Å². The van der Waals surface area contributed by atoms with Gasteiger partial charge in [0, 0.05) is 43.6 Å². The molecule has 0 radical (unpaired) electrons. The summed E-state index contributed by atoms with van der Waals surface area (Å²) in [5.74, 6) is 0.705. The molecule has 2 aliphatic rings. The number of aliphatic hydroxyl groups excluding tert-OH is 1. The van der Waals surface area contributed by atoms with Gasteiger partial charge in [0.25, 0.3) is 0 Å². The van der Waals surface area contributed by atoms with E-state index < -0.39 is 0 Å². The molecular formula is C13H26N2O. The number of aliphatic hydroxyl groups is 1. The van der Waals surface area contributed by atoms with Crippen molar-refractivity contribution in [2.24, 2.45) is 16.7 Å². The average molecular weight is 226 g/mol. The van der Waals surface area contributed by atoms with Crippen molar-refractivity contribution in [2.45, 2.75) is 33.8 Å². The van der Waals surface area contributed by atoms with Crippen LogP contribution < -0.4 is 5.32 Å². The summed E-state index contributed by atoms with van der Waals surface area (Å²) in [5, 5.41) is 14.0. The number of nitrogens with one attached hydrogen (secondary N) is 1. The van der Waals surface area contributed by atoms with Gasteiger partial charge in [-0.3, -0.25) is 0 Å². The highest BCUT2D eigenvalue weighted by molar-refractivity contribution is 5.06. The molecule has 3 heteroatoms. The van der Waals surface area contributed by atoms with Crippen LogP contribution in [-0.4, -0.2) is 48.8 Å². The minimum Gasteiger partial charge on any atom is -0.392 e. The highest BCUT2D eigenvalue weighted by atomic mass is 16.3. The first-order valence-corrected chi connectivity index (χ1v) is 6.47. The summed E-state index contributed by atoms with van der Waals surface area (Å²) in [4.78, 5) is 2.54. The molecule has 2 rings (SSSR count). The lowest BCUT2D eigenvalue weighted by Gasteiger charge is -2.57. The van der Waals surface area contributed by atoms with Gasteiger partial charge in [0.1, 0.15) is 0 Å². The fraction of sp³-hybridized carbons (Fsp3) is 1.00. The fourth-order valence-corrected chi connectivity index (χ4v) is 3.68. The van der Waals surface area contributed by atoms with Gasteiger partial charge in [0.15, 0.2) is 0 Å². The Hall–Kier alpha value is -0.120. The van der Waals surface area contributed by atoms with Crippen molar-refractivity contribution in [1.82, 2.24) is 10.2 Å². The number of rotatable bonds is 2. The van der Waals surface area contributed by atoms with E-state index in [2.05, 4.69) is 37.9 Å². The number of hydrogen-bond donors (Lipinski definition) is 2. The Bertz CT molecular complexity index is 249. The van der Waals surface area contributed by atoms with Gasteiger partial charge in [-0.15, -0.1) is 0 Å². The van der Waals surface area contributed by atoms with Crippen molar-refractivity contribution in [1.29, 1.82) is 0 Å². The smallest absolute Gasteiger partial charge is 0.0696 e. The number of fused-ring (bicyclic) bond motifs is 2. The molecule has 2 saturated heterocycles. The molecule has 0 spiro atoms. The summed E-state index contributed by atoms with van der Waals surface area (Å²) < 4.78 is 0. The monoisotopic (exact) mass is 226 g/mol. The summed E-state index contributed by atoms with van der Waals surface area (Å²) in [5.41, 5.74) is 0.0558. The van der Waals surface area contributed by atoms with E-state index in [1.165, 1.54) is 0 Å². The average Bonchev–Trinajstić information content (AvgIpc) is 2.10. The lowest BCUT2D eigenvalue weighted by Crippen LogP contribution is -2.69. The summed E-state index contributed by atoms with van der Waals surface area (Å²) in [7, 11) is 0. The van der Waals surface area contributed by atoms with Crippen LogP contribution in [0.4, 0.5) is 0 Å². The van der Waals surface area contributed by atoms with Gasteiger partial charge in [0.2, 0.25) is 0 Å². The Balaban J connectivity index is 2.15. The van der Waals surface area contributed by atoms with E-state index in [0.29, 0.717) is 5.92 Å². The molecule has 0 aromatic heterocycles. The van der Waals surface area contributed by atoms with Gasteiger partial charge in [-0.05, 0) is 5.92 Å². The molecule has 94 valence electrons. The normalized spacial score (nSPS) is 45.0. The third-order valence-corrected chi connectivity index (χ3v) is 4.17. The molecule has 0 saturated carbocycles. The molecule has 2 heterocycles. The highest BCUT2D eigenvalue weighted by Crippen LogP contribution is 2.42. The van der Waals surface area contributed by atoms with Crippen molar-refractivity contribution >= 4 is 0 Å². The Morgan fingerprint density at radius 3 is 2.19 bits per heavy atom. The molecule has 3 nitrogen and oxygen atoms in total. The third kappa shape index (κ3) is 2.01. The van der Waals surface area contributed by atoms with Gasteiger partial charge in [-0.2, -0.15) is 0 Å². The molecule has 2 bridgehead atoms. The van der Waals surface area contributed by atoms with Crippen LogP contribution in [0.5, 0.6) is 0 Å². The first-order chi connectivity index (χ1) is 7.36. The quantitative estimate of drug-likeness (QED) is 0.735. The van der Waals surface area contributed by atoms with Crippen LogP contribution in [0.1, 0.15) is 27.7 Å². The van der Waals surface area contributed by atoms with Crippen molar-refractivity contribution in [3.63, 3.8) is 0 Å². The van der Waals surface area contributed by atoms with Crippen LogP contribution in [0.2, 0.25) is 0 Å². The molecule has 0 aromatic carbocycles. The Morgan fingerprint density at radius 2 is 1.75 bits per heavy atom. The second-order valence-electron chi connectivity index (χ2n) is 6.88. The minimum absolute atomic E-state index is 0.0279. The Kier molecular flexibility index (Phi) is 3.06. The van der Waals surface area contributed by atoms with Gasteiger partial charge in [0.05, 0.1) is 6.10 Å². The van der Waals surface area contributed by atoms with Crippen LogP contribution >= 0.6 is 0 Å². The molecule has 2 aliphatic heterocycles. The molecule has 0 unspecified atom stereocenters. The lowest BCUT2D eigenvalue weighted by atomic mass is 9.63. The fourth-order valence-electron chi connectivity index (χ4n) is 3.68. The summed E-state index contributed by atoms with van der Waals surface area (Å²) >= 11 is 0. The summed E-state index contributed by atoms with van der Waals surface area (Å²) in [6, 6.07) is 0. The van der Waals surface area contributed by atoms with E-state index in [1.807, 2.05) is 0 Å². The predicted octanol–water partition coefficient (Wildman–Crippen LogP) is 0.935. The predicted molar refractivity (Wildman–Crippen MR) is 66.4 cm³/mol. The lowest BCUT2D eigenvalue weighted by molar-refractivity contribution is -0.142. The molecule has 0 aromatic rings. The van der Waals surface area contributed by atoms with Gasteiger partial charge < -0.3 is 15.3 Å². The first kappa shape index (κ1) is 12.3. The zero-order valence-corrected chi connectivity index (χ0v) is 11.1.